The lowest BCUT2D eigenvalue weighted by atomic mass is 9.84. The van der Waals surface area contributed by atoms with E-state index >= 15 is 0 Å². The lowest BCUT2D eigenvalue weighted by molar-refractivity contribution is -0.135. The van der Waals surface area contributed by atoms with Gasteiger partial charge in [-0.05, 0) is 317 Å². The number of carboxylic acid groups (broad SMARTS) is 1. The van der Waals surface area contributed by atoms with Gasteiger partial charge in [0.15, 0.2) is 21.7 Å². The van der Waals surface area contributed by atoms with Crippen LogP contribution in [0.4, 0.5) is 21.9 Å². The van der Waals surface area contributed by atoms with Crippen molar-refractivity contribution in [3.8, 4) is 45.3 Å². The lowest BCUT2D eigenvalue weighted by Gasteiger charge is -2.33. The summed E-state index contributed by atoms with van der Waals surface area (Å²) in [6.07, 6.45) is 20.4. The Bertz CT molecular complexity index is 7410. The number of likely N-dealkylation sites (tertiary alicyclic amines) is 2. The van der Waals surface area contributed by atoms with Crippen molar-refractivity contribution in [1.82, 2.24) is 59.9 Å². The molecule has 30 nitrogen and oxygen atoms in total. The third-order valence-electron chi connectivity index (χ3n) is 31.3. The Kier molecular flexibility index (Phi) is 30.1. The maximum Gasteiger partial charge on any atom is 0.358 e. The van der Waals surface area contributed by atoms with Crippen LogP contribution in [0.1, 0.15) is 247 Å². The van der Waals surface area contributed by atoms with Crippen LogP contribution in [0.5, 0.6) is 23.0 Å². The summed E-state index contributed by atoms with van der Waals surface area (Å²) in [6.45, 7) is 17.9. The van der Waals surface area contributed by atoms with Gasteiger partial charge in [-0.25, -0.2) is 29.5 Å². The zero-order valence-electron chi connectivity index (χ0n) is 86.0. The minimum Gasteiger partial charge on any atom is -0.490 e. The molecular weight excluding hydrogens is 1930 g/mol. The molecule has 6 amide bonds. The van der Waals surface area contributed by atoms with Crippen molar-refractivity contribution >= 4 is 134 Å². The predicted octanol–water partition coefficient (Wildman–Crippen LogP) is 21.0. The highest BCUT2D eigenvalue weighted by Gasteiger charge is 2.39. The summed E-state index contributed by atoms with van der Waals surface area (Å²) >= 11 is 2.89. The Hall–Kier alpha value is -14.3. The van der Waals surface area contributed by atoms with Crippen molar-refractivity contribution in [2.24, 2.45) is 25.9 Å². The number of para-hydroxylation sites is 4. The van der Waals surface area contributed by atoms with E-state index in [4.69, 9.17) is 43.8 Å². The van der Waals surface area contributed by atoms with Crippen LogP contribution < -0.4 is 50.0 Å². The Morgan fingerprint density at radius 3 is 1.25 bits per heavy atom. The van der Waals surface area contributed by atoms with E-state index in [9.17, 15) is 43.5 Å². The third-order valence-corrected chi connectivity index (χ3v) is 33.2. The summed E-state index contributed by atoms with van der Waals surface area (Å²) in [7, 11) is 3.77. The number of hydrogen-bond donors (Lipinski definition) is 5. The first-order valence-corrected chi connectivity index (χ1v) is 54.8. The first-order chi connectivity index (χ1) is 72.7. The smallest absolute Gasteiger partial charge is 0.358 e. The number of anilines is 4. The van der Waals surface area contributed by atoms with E-state index in [1.807, 2.05) is 227 Å². The van der Waals surface area contributed by atoms with Crippen LogP contribution in [-0.4, -0.2) is 184 Å². The standard InChI is InChI=1S/C61H68N8O7S.C57H60N8O7S/c1-37-42(43-25-27-52(63-55(43)59(73)76-61(2,3)4)69-35-29-39-13-8-15-44(47(39)36-69)57(71)65-60-62-48-17-6-7-20-51(48)77-60)14-9-18-49(37)74-40-23-21-38(22-24-40)12-11-32-68-33-30-41(31-34-68)75-50-19-10-16-45-54(66-67(5)56(45)50)46-26-28-53(70)64-58(46)72;1-34-39(40-22-24-49(59-52(40)56(69)70)65-32-26-36-10-5-12-41(44(36)33-65)54(67)61-57-58-45-14-3-4-17-48(45)73-57)11-6-15-46(34)71-37-20-18-35(19-21-37)9-8-29-64-30-27-38(28-31-64)72-47-16-7-13-42-51(62-63(2)53(42)47)43-23-25-50(66)60-55(43)68/h6-10,13-20,25,27,38,40-41,46H,11-12,21-24,26,28-36H2,1-5H3,(H,62,65,71)(H,64,70,72);3-7,10-17,22,24,35,37-38,43H,8-9,18-21,23,25-33H2,1-2H3,(H,69,70)(H,58,61,67)(H,60,66,68). The molecule has 150 heavy (non-hydrogen) atoms. The molecule has 14 aromatic rings. The Labute approximate surface area is 879 Å². The number of rotatable bonds is 28. The number of fused-ring (bicyclic) bond motifs is 6. The summed E-state index contributed by atoms with van der Waals surface area (Å²) in [6, 6.07) is 58.8. The van der Waals surface area contributed by atoms with Gasteiger partial charge in [0.1, 0.15) is 63.5 Å². The monoisotopic (exact) mass is 2060 g/mol. The number of benzene rings is 8. The van der Waals surface area contributed by atoms with Gasteiger partial charge in [0, 0.05) is 112 Å². The van der Waals surface area contributed by atoms with Crippen molar-refractivity contribution < 1.29 is 67.1 Å². The summed E-state index contributed by atoms with van der Waals surface area (Å²) in [4.78, 5) is 132. The zero-order chi connectivity index (χ0) is 104. The van der Waals surface area contributed by atoms with Gasteiger partial charge in [-0.2, -0.15) is 10.2 Å². The molecule has 6 aromatic heterocycles. The third kappa shape index (κ3) is 22.6. The predicted molar refractivity (Wildman–Crippen MR) is 582 cm³/mol. The number of imide groups is 2. The lowest BCUT2D eigenvalue weighted by Crippen LogP contribution is -2.39. The number of thiazole rings is 2. The average Bonchev–Trinajstić information content (AvgIpc) is 1.79. The number of nitrogens with one attached hydrogen (secondary N) is 4. The molecule has 5 N–H and O–H groups in total. The van der Waals surface area contributed by atoms with Crippen LogP contribution in [0.25, 0.3) is 64.5 Å². The highest BCUT2D eigenvalue weighted by atomic mass is 32.1. The Balaban J connectivity index is 0.000000175. The first kappa shape index (κ1) is 102. The summed E-state index contributed by atoms with van der Waals surface area (Å²) in [5, 5.41) is 33.9. The second-order valence-electron chi connectivity index (χ2n) is 42.4. The quantitative estimate of drug-likeness (QED) is 0.0225. The number of hydrogen-bond acceptors (Lipinski definition) is 25. The van der Waals surface area contributed by atoms with Crippen molar-refractivity contribution in [2.45, 2.75) is 231 Å². The van der Waals surface area contributed by atoms with Crippen molar-refractivity contribution in [3.05, 3.63) is 249 Å². The van der Waals surface area contributed by atoms with Gasteiger partial charge in [-0.3, -0.25) is 59.4 Å². The molecule has 12 heterocycles. The van der Waals surface area contributed by atoms with Crippen LogP contribution in [0.2, 0.25) is 0 Å². The highest BCUT2D eigenvalue weighted by molar-refractivity contribution is 7.22. The molecule has 8 aliphatic rings. The van der Waals surface area contributed by atoms with Crippen molar-refractivity contribution in [1.29, 1.82) is 0 Å². The number of esters is 1. The van der Waals surface area contributed by atoms with Crippen molar-refractivity contribution in [2.75, 3.05) is 72.8 Å². The van der Waals surface area contributed by atoms with Gasteiger partial charge in [0.25, 0.3) is 11.8 Å². The molecule has 4 saturated heterocycles. The molecule has 2 aliphatic carbocycles. The Morgan fingerprint density at radius 1 is 0.427 bits per heavy atom. The molecule has 22 rings (SSSR count). The normalized spacial score (nSPS) is 19.6. The summed E-state index contributed by atoms with van der Waals surface area (Å²) < 4.78 is 38.4. The molecule has 0 bridgehead atoms. The molecule has 0 radical (unpaired) electrons. The van der Waals surface area contributed by atoms with Crippen LogP contribution in [0.3, 0.4) is 0 Å². The van der Waals surface area contributed by atoms with Gasteiger partial charge >= 0.3 is 11.9 Å². The number of carboxylic acids is 1. The maximum absolute atomic E-state index is 14.1. The molecule has 0 spiro atoms. The molecule has 6 aliphatic heterocycles. The number of amides is 6. The second kappa shape index (κ2) is 44.4. The van der Waals surface area contributed by atoms with E-state index < -0.39 is 29.4 Å². The fourth-order valence-electron chi connectivity index (χ4n) is 23.3. The first-order valence-electron chi connectivity index (χ1n) is 53.2. The van der Waals surface area contributed by atoms with Crippen LogP contribution in [0.15, 0.2) is 182 Å². The number of pyridine rings is 2. The topological polar surface area (TPSA) is 351 Å². The van der Waals surface area contributed by atoms with Gasteiger partial charge in [-0.1, -0.05) is 120 Å². The van der Waals surface area contributed by atoms with Crippen LogP contribution in [0, 0.1) is 25.7 Å². The second-order valence-corrected chi connectivity index (χ2v) is 44.4. The highest BCUT2D eigenvalue weighted by Crippen LogP contribution is 2.45. The minimum atomic E-state index is -1.10. The number of carbonyl (C=O) groups is 8. The van der Waals surface area contributed by atoms with Gasteiger partial charge < -0.3 is 48.4 Å². The van der Waals surface area contributed by atoms with Crippen LogP contribution >= 0.6 is 22.7 Å². The van der Waals surface area contributed by atoms with E-state index in [2.05, 4.69) is 58.9 Å². The fraction of sp³-hybridized carbons (Fsp3) is 0.407. The minimum absolute atomic E-state index is 0.0225. The fourth-order valence-corrected chi connectivity index (χ4v) is 25.1. The molecule has 776 valence electrons. The molecule has 2 saturated carbocycles. The van der Waals surface area contributed by atoms with Gasteiger partial charge in [-0.15, -0.1) is 0 Å². The van der Waals surface area contributed by atoms with E-state index in [0.717, 1.165) is 232 Å². The van der Waals surface area contributed by atoms with Crippen molar-refractivity contribution in [3.63, 3.8) is 0 Å². The van der Waals surface area contributed by atoms with Gasteiger partial charge in [0.2, 0.25) is 23.6 Å². The number of nitrogens with zero attached hydrogens (tertiary/aromatic N) is 12. The largest absolute Gasteiger partial charge is 0.490 e. The number of aromatic carboxylic acids is 1. The van der Waals surface area contributed by atoms with E-state index in [-0.39, 0.29) is 71.2 Å². The SMILES string of the molecule is Cc1c(OC2CCC(CCCN3CCC(Oc4cccc5c(C6CCC(=O)NC6=O)nn(C)c45)CC3)CC2)cccc1-c1ccc(N2CCc3cccc(C(=O)Nc4nc5ccccc5s4)c3C2)nc1C(=O)O.Cc1c(OC2CCC(CCCN3CCC(Oc4cccc5c(C6CCC(=O)NC6=O)nn(C)c45)CC3)CC2)cccc1-c1ccc(N2CCc3cccc(C(=O)Nc4nc5ccccc5s4)c3C2)nc1C(=O)OC(C)(C)C. The van der Waals surface area contributed by atoms with E-state index in [0.29, 0.717) is 132 Å². The number of carbonyl (C=O) groups excluding carboxylic acids is 7. The molecule has 6 fully saturated rings. The maximum atomic E-state index is 14.1. The van der Waals surface area contributed by atoms with Crippen LogP contribution in [-0.2, 0) is 63.9 Å². The molecule has 2 unspecified atom stereocenters. The van der Waals surface area contributed by atoms with Gasteiger partial charge in [0.05, 0.1) is 55.9 Å². The van der Waals surface area contributed by atoms with E-state index in [1.54, 1.807) is 4.68 Å². The number of aromatic nitrogens is 8. The molecule has 2 atom stereocenters. The molecular formula is C118H128N16O14S2. The Morgan fingerprint density at radius 2 is 0.827 bits per heavy atom. The summed E-state index contributed by atoms with van der Waals surface area (Å²) in [5.41, 5.74) is 14.2. The molecule has 32 heteroatoms. The average molecular weight is 2060 g/mol. The number of aryl methyl sites for hydroxylation is 2. The number of piperidine rings is 4. The van der Waals surface area contributed by atoms with E-state index in [1.165, 1.54) is 41.9 Å². The zero-order valence-corrected chi connectivity index (χ0v) is 87.6. The molecule has 8 aromatic carbocycles. The number of ether oxygens (including phenoxy) is 5. The summed E-state index contributed by atoms with van der Waals surface area (Å²) in [5.74, 6) is 1.72.